The van der Waals surface area contributed by atoms with Gasteiger partial charge < -0.3 is 25.2 Å². The first-order chi connectivity index (χ1) is 21.1. The quantitative estimate of drug-likeness (QED) is 0.249. The van der Waals surface area contributed by atoms with E-state index in [9.17, 15) is 14.4 Å². The van der Waals surface area contributed by atoms with Gasteiger partial charge in [0.2, 0.25) is 0 Å². The molecule has 0 saturated heterocycles. The van der Waals surface area contributed by atoms with Gasteiger partial charge in [0, 0.05) is 24.7 Å². The molecule has 0 bridgehead atoms. The number of hydrogen-bond acceptors (Lipinski definition) is 6. The molecule has 3 N–H and O–H groups in total. The fraction of sp³-hybridized carbons (Fsp3) is 0.743. The number of hydrogen-bond donors (Lipinski definition) is 3. The molecule has 3 saturated carbocycles. The van der Waals surface area contributed by atoms with Gasteiger partial charge in [-0.3, -0.25) is 4.90 Å². The Morgan fingerprint density at radius 2 is 1.27 bits per heavy atom. The minimum Gasteiger partial charge on any atom is -0.480 e. The number of carbonyl (C=O) groups excluding carboxylic acids is 2. The van der Waals surface area contributed by atoms with Crippen LogP contribution in [0.25, 0.3) is 0 Å². The molecule has 1 atom stereocenters. The summed E-state index contributed by atoms with van der Waals surface area (Å²) < 4.78 is 10.0. The molecule has 0 heterocycles. The highest BCUT2D eigenvalue weighted by Crippen LogP contribution is 2.35. The van der Waals surface area contributed by atoms with Crippen LogP contribution in [-0.4, -0.2) is 64.5 Å². The van der Waals surface area contributed by atoms with E-state index in [1.54, 1.807) is 20.8 Å². The highest BCUT2D eigenvalue weighted by atomic mass is 16.6. The van der Waals surface area contributed by atoms with E-state index in [-0.39, 0.29) is 19.6 Å². The van der Waals surface area contributed by atoms with Crippen molar-refractivity contribution in [2.24, 2.45) is 0 Å². The van der Waals surface area contributed by atoms with E-state index in [0.29, 0.717) is 0 Å². The van der Waals surface area contributed by atoms with Crippen molar-refractivity contribution in [3.05, 3.63) is 35.9 Å². The van der Waals surface area contributed by atoms with Crippen molar-refractivity contribution in [2.45, 2.75) is 160 Å². The third-order valence-corrected chi connectivity index (χ3v) is 8.89. The fourth-order valence-corrected chi connectivity index (χ4v) is 6.83. The number of benzene rings is 1. The van der Waals surface area contributed by atoms with Gasteiger partial charge in [-0.25, -0.2) is 14.4 Å². The number of alkyl carbamates (subject to hydrolysis) is 2. The standard InChI is InChI=1S/C18H33N.C17H24N2O6/c1-4-10-16(11-5-1)19(17-12-6-2-7-13-17)18-14-8-3-9-15-18;1-17(2,3)25-16(23)19-13(14(20)21)9-10-18-15(22)24-11-12-7-5-4-6-8-12/h16-18H,1-15H2;4-8,13H,9-11H2,1-3H3,(H,18,22)(H,19,23)(H,20,21)/t;13-/m.1/s1. The number of nitrogens with one attached hydrogen (secondary N) is 2. The normalized spacial score (nSPS) is 19.3. The van der Waals surface area contributed by atoms with Gasteiger partial charge >= 0.3 is 18.2 Å². The van der Waals surface area contributed by atoms with Gasteiger partial charge in [0.1, 0.15) is 18.2 Å². The molecule has 248 valence electrons. The van der Waals surface area contributed by atoms with Crippen molar-refractivity contribution in [2.75, 3.05) is 6.54 Å². The van der Waals surface area contributed by atoms with Gasteiger partial charge in [-0.1, -0.05) is 88.1 Å². The van der Waals surface area contributed by atoms with Crippen LogP contribution in [0.5, 0.6) is 0 Å². The van der Waals surface area contributed by atoms with Crippen molar-refractivity contribution in [3.63, 3.8) is 0 Å². The summed E-state index contributed by atoms with van der Waals surface area (Å²) in [6.45, 7) is 5.16. The Bertz CT molecular complexity index is 937. The number of ether oxygens (including phenoxy) is 2. The molecule has 1 aromatic carbocycles. The summed E-state index contributed by atoms with van der Waals surface area (Å²) in [5, 5.41) is 13.8. The molecule has 4 rings (SSSR count). The number of aliphatic carboxylic acids is 1. The van der Waals surface area contributed by atoms with Crippen LogP contribution in [0, 0.1) is 0 Å². The van der Waals surface area contributed by atoms with Gasteiger partial charge in [-0.15, -0.1) is 0 Å². The van der Waals surface area contributed by atoms with Gasteiger partial charge in [-0.05, 0) is 71.3 Å². The van der Waals surface area contributed by atoms with Crippen LogP contribution >= 0.6 is 0 Å². The Hall–Kier alpha value is -2.81. The zero-order chi connectivity index (χ0) is 31.8. The second-order valence-electron chi connectivity index (χ2n) is 13.6. The third-order valence-electron chi connectivity index (χ3n) is 8.89. The summed E-state index contributed by atoms with van der Waals surface area (Å²) >= 11 is 0. The van der Waals surface area contributed by atoms with E-state index >= 15 is 0 Å². The molecule has 0 unspecified atom stereocenters. The number of carboxylic acids is 1. The second-order valence-corrected chi connectivity index (χ2v) is 13.6. The van der Waals surface area contributed by atoms with Crippen molar-refractivity contribution < 1.29 is 29.0 Å². The smallest absolute Gasteiger partial charge is 0.408 e. The average Bonchev–Trinajstić information content (AvgIpc) is 3.01. The minimum atomic E-state index is -1.22. The lowest BCUT2D eigenvalue weighted by atomic mass is 9.84. The zero-order valence-corrected chi connectivity index (χ0v) is 27.4. The maximum Gasteiger partial charge on any atom is 0.408 e. The Labute approximate surface area is 264 Å². The zero-order valence-electron chi connectivity index (χ0n) is 27.4. The second kappa shape index (κ2) is 18.9. The predicted molar refractivity (Wildman–Crippen MR) is 172 cm³/mol. The summed E-state index contributed by atoms with van der Waals surface area (Å²) in [5.41, 5.74) is 0.111. The Morgan fingerprint density at radius 3 is 1.70 bits per heavy atom. The van der Waals surface area contributed by atoms with Crippen LogP contribution in [-0.2, 0) is 20.9 Å². The molecule has 3 fully saturated rings. The first-order valence-corrected chi connectivity index (χ1v) is 17.1. The van der Waals surface area contributed by atoms with E-state index in [2.05, 4.69) is 15.5 Å². The topological polar surface area (TPSA) is 117 Å². The molecule has 0 radical (unpaired) electrons. The molecule has 1 aromatic rings. The van der Waals surface area contributed by atoms with E-state index < -0.39 is 29.8 Å². The average molecular weight is 616 g/mol. The largest absolute Gasteiger partial charge is 0.480 e. The lowest BCUT2D eigenvalue weighted by Crippen LogP contribution is -2.51. The van der Waals surface area contributed by atoms with Crippen LogP contribution in [0.1, 0.15) is 129 Å². The molecule has 3 aliphatic carbocycles. The third kappa shape index (κ3) is 13.4. The number of amides is 2. The minimum absolute atomic E-state index is 0.00495. The van der Waals surface area contributed by atoms with Crippen molar-refractivity contribution in [1.29, 1.82) is 0 Å². The van der Waals surface area contributed by atoms with E-state index in [1.807, 2.05) is 30.3 Å². The first-order valence-electron chi connectivity index (χ1n) is 17.1. The van der Waals surface area contributed by atoms with Crippen LogP contribution in [0.4, 0.5) is 9.59 Å². The van der Waals surface area contributed by atoms with Gasteiger partial charge in [0.15, 0.2) is 0 Å². The monoisotopic (exact) mass is 615 g/mol. The summed E-state index contributed by atoms with van der Waals surface area (Å²) in [7, 11) is 0. The molecule has 44 heavy (non-hydrogen) atoms. The molecule has 0 spiro atoms. The lowest BCUT2D eigenvalue weighted by molar-refractivity contribution is -0.139. The molecule has 9 heteroatoms. The van der Waals surface area contributed by atoms with Crippen LogP contribution in [0.3, 0.4) is 0 Å². The van der Waals surface area contributed by atoms with Crippen LogP contribution in [0.15, 0.2) is 30.3 Å². The number of rotatable bonds is 10. The molecule has 2 amide bonds. The van der Waals surface area contributed by atoms with E-state index in [4.69, 9.17) is 14.6 Å². The SMILES string of the molecule is C1CCC(N(C2CCCCC2)C2CCCCC2)CC1.CC(C)(C)OC(=O)N[C@H](CCNC(=O)OCc1ccccc1)C(=O)O. The van der Waals surface area contributed by atoms with E-state index in [0.717, 1.165) is 23.7 Å². The summed E-state index contributed by atoms with van der Waals surface area (Å²) in [4.78, 5) is 37.5. The van der Waals surface area contributed by atoms with Gasteiger partial charge in [0.05, 0.1) is 0 Å². The molecule has 0 aliphatic heterocycles. The van der Waals surface area contributed by atoms with Crippen molar-refractivity contribution in [3.8, 4) is 0 Å². The maximum absolute atomic E-state index is 11.6. The van der Waals surface area contributed by atoms with E-state index in [1.165, 1.54) is 96.3 Å². The van der Waals surface area contributed by atoms with Crippen LogP contribution < -0.4 is 10.6 Å². The molecule has 9 nitrogen and oxygen atoms in total. The van der Waals surface area contributed by atoms with Crippen molar-refractivity contribution in [1.82, 2.24) is 15.5 Å². The Kier molecular flexibility index (Phi) is 15.3. The molecular formula is C35H57N3O6. The Balaban J connectivity index is 0.000000248. The molecule has 0 aromatic heterocycles. The summed E-state index contributed by atoms with van der Waals surface area (Å²) in [5.74, 6) is -1.22. The molecule has 3 aliphatic rings. The highest BCUT2D eigenvalue weighted by molar-refractivity contribution is 5.80. The fourth-order valence-electron chi connectivity index (χ4n) is 6.83. The first kappa shape index (κ1) is 35.7. The maximum atomic E-state index is 11.6. The summed E-state index contributed by atoms with van der Waals surface area (Å²) in [6.07, 6.45) is 21.1. The summed E-state index contributed by atoms with van der Waals surface area (Å²) in [6, 6.07) is 10.8. The van der Waals surface area contributed by atoms with Crippen LogP contribution in [0.2, 0.25) is 0 Å². The number of carboxylic acid groups (broad SMARTS) is 1. The highest BCUT2D eigenvalue weighted by Gasteiger charge is 2.34. The lowest BCUT2D eigenvalue weighted by Gasteiger charge is -2.47. The Morgan fingerprint density at radius 1 is 0.795 bits per heavy atom. The van der Waals surface area contributed by atoms with Gasteiger partial charge in [-0.2, -0.15) is 0 Å². The number of nitrogens with zero attached hydrogens (tertiary/aromatic N) is 1. The molecular weight excluding hydrogens is 558 g/mol. The predicted octanol–water partition coefficient (Wildman–Crippen LogP) is 7.57. The van der Waals surface area contributed by atoms with Crippen molar-refractivity contribution >= 4 is 18.2 Å². The number of carbonyl (C=O) groups is 3. The van der Waals surface area contributed by atoms with Gasteiger partial charge in [0.25, 0.3) is 0 Å².